The average molecular weight is 416 g/mol. The van der Waals surface area contributed by atoms with Gasteiger partial charge < -0.3 is 0 Å². The molecule has 0 amide bonds. The Hall–Kier alpha value is 1.17. The summed E-state index contributed by atoms with van der Waals surface area (Å²) in [5.74, 6) is 0. The van der Waals surface area contributed by atoms with Crippen molar-refractivity contribution >= 4 is 16.0 Å². The van der Waals surface area contributed by atoms with Crippen LogP contribution in [-0.2, 0) is 6.51 Å². The molecule has 10 rings (SSSR count). The van der Waals surface area contributed by atoms with Gasteiger partial charge in [-0.25, -0.2) is 0 Å². The van der Waals surface area contributed by atoms with Gasteiger partial charge in [0.05, 0.1) is 0 Å². The monoisotopic (exact) mass is 416 g/mol. The van der Waals surface area contributed by atoms with E-state index in [9.17, 15) is 0 Å². The molecular formula is C22H37FePSi. The fourth-order valence-corrected chi connectivity index (χ4v) is 132. The third-order valence-electron chi connectivity index (χ3n) is 18.2. The first-order chi connectivity index (χ1) is 11.0. The minimum atomic E-state index is -3.15. The van der Waals surface area contributed by atoms with Crippen LogP contribution < -0.4 is 0 Å². The van der Waals surface area contributed by atoms with Crippen LogP contribution in [0, 0.1) is 0 Å². The van der Waals surface area contributed by atoms with E-state index in [0.29, 0.717) is 10.3 Å². The van der Waals surface area contributed by atoms with Gasteiger partial charge in [0.2, 0.25) is 0 Å². The van der Waals surface area contributed by atoms with E-state index in [4.69, 9.17) is 0 Å². The summed E-state index contributed by atoms with van der Waals surface area (Å²) in [6.45, 7) is 21.0. The van der Waals surface area contributed by atoms with Gasteiger partial charge in [-0.3, -0.25) is 0 Å². The van der Waals surface area contributed by atoms with Gasteiger partial charge in [-0.2, -0.15) is 0 Å². The van der Waals surface area contributed by atoms with E-state index in [0.717, 1.165) is 4.31 Å². The Morgan fingerprint density at radius 3 is 1.48 bits per heavy atom. The number of fused-ring (bicyclic) bond motifs is 10. The molecule has 10 aliphatic heterocycles. The van der Waals surface area contributed by atoms with Crippen molar-refractivity contribution in [3.05, 3.63) is 0 Å². The summed E-state index contributed by atoms with van der Waals surface area (Å²) in [7, 11) is -0.841. The second kappa shape index (κ2) is 1.35. The quantitative estimate of drug-likeness (QED) is 0.322. The fourth-order valence-electron chi connectivity index (χ4n) is 21.3. The maximum atomic E-state index is 2.85. The van der Waals surface area contributed by atoms with E-state index < -0.39 is 14.6 Å². The average Bonchev–Trinajstić information content (AvgIpc) is 3.34. The first kappa shape index (κ1) is 13.4. The van der Waals surface area contributed by atoms with Crippen molar-refractivity contribution in [1.82, 2.24) is 0 Å². The van der Waals surface area contributed by atoms with Gasteiger partial charge >= 0.3 is 147 Å². The molecule has 0 aromatic carbocycles. The van der Waals surface area contributed by atoms with Gasteiger partial charge in [0.25, 0.3) is 0 Å². The van der Waals surface area contributed by atoms with Crippen LogP contribution in [0.25, 0.3) is 0 Å². The third-order valence-corrected chi connectivity index (χ3v) is 75.3. The Balaban J connectivity index is 1.29. The molecule has 0 radical (unpaired) electrons. The SMILES string of the molecule is CC(C)(C)P(C[C]12[CH]3[CH]4[C]5([Si](C)(C)C)[CH]1[Fe]34251678[CH]2[CH]1[CH]6[CH]7[CH]28)C(C)(C)C. The van der Waals surface area contributed by atoms with E-state index >= 15 is 0 Å². The summed E-state index contributed by atoms with van der Waals surface area (Å²) < 4.78 is 2.29. The summed E-state index contributed by atoms with van der Waals surface area (Å²) in [5.41, 5.74) is 0. The Kier molecular flexibility index (Phi) is 0.726. The van der Waals surface area contributed by atoms with Crippen LogP contribution in [0.15, 0.2) is 0 Å². The maximum absolute atomic E-state index is 3.15. The van der Waals surface area contributed by atoms with E-state index in [1.807, 2.05) is 0 Å². The fraction of sp³-hybridized carbons (Fsp3) is 1.00. The van der Waals surface area contributed by atoms with Gasteiger partial charge in [0, 0.05) is 0 Å². The Labute approximate surface area is 146 Å². The normalized spacial score (nSPS) is 90.3. The zero-order chi connectivity index (χ0) is 17.7. The molecule has 0 aromatic rings. The second-order valence-corrected chi connectivity index (χ2v) is 50.1. The van der Waals surface area contributed by atoms with Gasteiger partial charge in [-0.05, 0) is 0 Å². The first-order valence-corrected chi connectivity index (χ1v) is 22.2. The molecule has 5 atom stereocenters. The van der Waals surface area contributed by atoms with Crippen LogP contribution >= 0.6 is 7.92 Å². The number of hydrogen-bond donors (Lipinski definition) is 0. The van der Waals surface area contributed by atoms with Crippen LogP contribution in [0.1, 0.15) is 41.5 Å². The van der Waals surface area contributed by atoms with E-state index in [1.54, 1.807) is 6.16 Å². The van der Waals surface area contributed by atoms with Crippen LogP contribution in [0.5, 0.6) is 0 Å². The Morgan fingerprint density at radius 2 is 1.24 bits per heavy atom. The summed E-state index contributed by atoms with van der Waals surface area (Å²) in [5, 5.41) is 1.11. The minimum absolute atomic E-state index is 0.143. The van der Waals surface area contributed by atoms with E-state index in [1.165, 1.54) is 42.5 Å². The van der Waals surface area contributed by atoms with Crippen molar-refractivity contribution < 1.29 is 6.51 Å². The van der Waals surface area contributed by atoms with Crippen LogP contribution in [0.3, 0.4) is 0 Å². The van der Waals surface area contributed by atoms with Gasteiger partial charge in [-0.1, -0.05) is 0 Å². The summed E-state index contributed by atoms with van der Waals surface area (Å²) in [4.78, 5) is 11.9. The van der Waals surface area contributed by atoms with Gasteiger partial charge in [-0.15, -0.1) is 0 Å². The molecule has 0 bridgehead atoms. The molecule has 10 saturated heterocycles. The zero-order valence-electron chi connectivity index (χ0n) is 17.6. The molecule has 5 unspecified atom stereocenters. The van der Waals surface area contributed by atoms with Gasteiger partial charge in [0.15, 0.2) is 0 Å². The molecule has 0 saturated carbocycles. The molecular weight excluding hydrogens is 379 g/mol. The topological polar surface area (TPSA) is 0 Å². The number of rotatable bonds is 3. The van der Waals surface area contributed by atoms with Gasteiger partial charge in [0.1, 0.15) is 0 Å². The molecule has 10 aliphatic rings. The van der Waals surface area contributed by atoms with Crippen LogP contribution in [-0.4, -0.2) is 24.5 Å². The molecule has 142 valence electrons. The molecule has 0 N–H and O–H groups in total. The third kappa shape index (κ3) is 0.211. The molecule has 10 fully saturated rings. The van der Waals surface area contributed by atoms with Crippen molar-refractivity contribution in [1.29, 1.82) is 0 Å². The van der Waals surface area contributed by atoms with Crippen molar-refractivity contribution in [2.24, 2.45) is 0 Å². The molecule has 25 heavy (non-hydrogen) atoms. The molecule has 0 aromatic heterocycles. The summed E-state index contributed by atoms with van der Waals surface area (Å²) in [6.07, 6.45) is 1.78. The second-order valence-electron chi connectivity index (χ2n) is 17.1. The van der Waals surface area contributed by atoms with E-state index in [-0.39, 0.29) is 7.92 Å². The molecule has 1 spiro atoms. The molecule has 3 heteroatoms. The van der Waals surface area contributed by atoms with Crippen molar-refractivity contribution in [2.75, 3.05) is 6.16 Å². The molecule has 10 heterocycles. The van der Waals surface area contributed by atoms with Crippen molar-refractivity contribution in [3.63, 3.8) is 0 Å². The predicted molar refractivity (Wildman–Crippen MR) is 110 cm³/mol. The Morgan fingerprint density at radius 1 is 0.800 bits per heavy atom. The van der Waals surface area contributed by atoms with Crippen LogP contribution in [0.2, 0.25) is 66.4 Å². The summed E-state index contributed by atoms with van der Waals surface area (Å²) in [6, 6.07) is 0. The first-order valence-electron chi connectivity index (χ1n) is 11.0. The predicted octanol–water partition coefficient (Wildman–Crippen LogP) is 8.07. The Bertz CT molecular complexity index is 1220. The molecule has 0 nitrogen and oxygen atoms in total. The molecule has 0 aliphatic carbocycles. The number of hydrogen-bond acceptors (Lipinski definition) is 0. The van der Waals surface area contributed by atoms with Crippen molar-refractivity contribution in [3.8, 4) is 0 Å². The van der Waals surface area contributed by atoms with Crippen molar-refractivity contribution in [2.45, 2.75) is 118 Å². The van der Waals surface area contributed by atoms with E-state index in [2.05, 4.69) is 61.2 Å². The summed E-state index contributed by atoms with van der Waals surface area (Å²) >= 11 is 0. The standard InChI is InChI=1S/C17H32PSi.C5H5.Fe/c1-16(2,3)18(17(4,5)6)13-14-10-11-15(12-14)19(7,8)9;1-2-4-5-3-1;/h10-12H,13H2,1-9H3;1-5H;. The van der Waals surface area contributed by atoms with Crippen LogP contribution in [0.4, 0.5) is 0 Å². The zero-order valence-corrected chi connectivity index (χ0v) is 20.6.